The summed E-state index contributed by atoms with van der Waals surface area (Å²) in [6.07, 6.45) is 5.29. The number of benzene rings is 1. The molecular formula is C19H25ClN2O6. The van der Waals surface area contributed by atoms with E-state index in [2.05, 4.69) is 11.2 Å². The second-order valence-corrected chi connectivity index (χ2v) is 6.22. The van der Waals surface area contributed by atoms with E-state index in [1.807, 2.05) is 6.92 Å². The van der Waals surface area contributed by atoms with Crippen molar-refractivity contribution >= 4 is 23.4 Å². The van der Waals surface area contributed by atoms with Crippen LogP contribution in [-0.4, -0.2) is 56.3 Å². The zero-order chi connectivity index (χ0) is 20.8. The molecule has 0 saturated heterocycles. The third-order valence-corrected chi connectivity index (χ3v) is 3.94. The Morgan fingerprint density at radius 3 is 2.54 bits per heavy atom. The van der Waals surface area contributed by atoms with E-state index >= 15 is 0 Å². The van der Waals surface area contributed by atoms with Gasteiger partial charge in [-0.25, -0.2) is 5.48 Å². The van der Waals surface area contributed by atoms with E-state index in [1.165, 1.54) is 0 Å². The summed E-state index contributed by atoms with van der Waals surface area (Å²) in [6.45, 7) is 2.47. The van der Waals surface area contributed by atoms with Crippen LogP contribution in [0.1, 0.15) is 23.7 Å². The number of nitrogens with one attached hydrogen (secondary N) is 2. The molecule has 2 atom stereocenters. The molecule has 0 aliphatic carbocycles. The number of rotatable bonds is 13. The molecule has 154 valence electrons. The van der Waals surface area contributed by atoms with E-state index in [9.17, 15) is 9.59 Å². The third-order valence-electron chi connectivity index (χ3n) is 3.69. The van der Waals surface area contributed by atoms with Crippen LogP contribution in [0.3, 0.4) is 0 Å². The maximum Gasteiger partial charge on any atom is 0.251 e. The van der Waals surface area contributed by atoms with Crippen molar-refractivity contribution in [3.05, 3.63) is 34.9 Å². The number of terminal acetylenes is 1. The molecule has 0 bridgehead atoms. The molecule has 2 amide bonds. The number of hydroxylamine groups is 1. The summed E-state index contributed by atoms with van der Waals surface area (Å²) in [5, 5.41) is 12.3. The molecule has 0 radical (unpaired) electrons. The highest BCUT2D eigenvalue weighted by Crippen LogP contribution is 2.12. The normalized spacial score (nSPS) is 12.6. The molecule has 1 aromatic carbocycles. The van der Waals surface area contributed by atoms with Gasteiger partial charge in [-0.15, -0.1) is 6.42 Å². The Kier molecular flexibility index (Phi) is 11.9. The molecule has 9 heteroatoms. The average Bonchev–Trinajstić information content (AvgIpc) is 2.70. The highest BCUT2D eigenvalue weighted by molar-refractivity contribution is 6.30. The first-order valence-corrected chi connectivity index (χ1v) is 9.06. The second-order valence-electron chi connectivity index (χ2n) is 5.79. The number of hydrogen-bond acceptors (Lipinski definition) is 6. The third kappa shape index (κ3) is 9.17. The molecule has 0 fully saturated rings. The van der Waals surface area contributed by atoms with Crippen molar-refractivity contribution in [2.24, 2.45) is 5.92 Å². The lowest BCUT2D eigenvalue weighted by Crippen LogP contribution is -2.43. The lowest BCUT2D eigenvalue weighted by atomic mass is 9.99. The Morgan fingerprint density at radius 2 is 1.93 bits per heavy atom. The largest absolute Gasteiger partial charge is 0.368 e. The van der Waals surface area contributed by atoms with Gasteiger partial charge in [-0.2, -0.15) is 0 Å². The molecule has 1 aromatic rings. The summed E-state index contributed by atoms with van der Waals surface area (Å²) < 4.78 is 15.7. The number of ether oxygens (including phenoxy) is 3. The highest BCUT2D eigenvalue weighted by atomic mass is 35.5. The summed E-state index contributed by atoms with van der Waals surface area (Å²) in [5.74, 6) is 0.558. The number of carbonyl (C=O) groups excluding carboxylic acids is 2. The molecular weight excluding hydrogens is 388 g/mol. The van der Waals surface area contributed by atoms with Crippen LogP contribution in [0.2, 0.25) is 5.02 Å². The van der Waals surface area contributed by atoms with Crippen LogP contribution in [0.5, 0.6) is 0 Å². The van der Waals surface area contributed by atoms with E-state index in [1.54, 1.807) is 29.7 Å². The maximum atomic E-state index is 12.5. The summed E-state index contributed by atoms with van der Waals surface area (Å²) in [4.78, 5) is 24.4. The summed E-state index contributed by atoms with van der Waals surface area (Å²) in [7, 11) is 0. The topological polar surface area (TPSA) is 106 Å². The van der Waals surface area contributed by atoms with E-state index < -0.39 is 17.9 Å². The minimum Gasteiger partial charge on any atom is -0.368 e. The molecule has 0 aliphatic rings. The van der Waals surface area contributed by atoms with Crippen molar-refractivity contribution in [3.8, 4) is 12.3 Å². The Labute approximate surface area is 169 Å². The molecule has 8 nitrogen and oxygen atoms in total. The number of amides is 2. The van der Waals surface area contributed by atoms with Gasteiger partial charge in [0.25, 0.3) is 5.91 Å². The number of carbonyl (C=O) groups is 2. The lowest BCUT2D eigenvalue weighted by Gasteiger charge is -2.23. The van der Waals surface area contributed by atoms with Gasteiger partial charge in [0.05, 0.1) is 25.2 Å². The maximum absolute atomic E-state index is 12.5. The van der Waals surface area contributed by atoms with Gasteiger partial charge in [0.1, 0.15) is 13.4 Å². The minimum atomic E-state index is -0.746. The first kappa shape index (κ1) is 23.9. The molecule has 0 aliphatic heterocycles. The van der Waals surface area contributed by atoms with Crippen molar-refractivity contribution in [1.29, 1.82) is 0 Å². The zero-order valence-corrected chi connectivity index (χ0v) is 16.4. The molecule has 0 aromatic heterocycles. The Morgan fingerprint density at radius 1 is 1.21 bits per heavy atom. The standard InChI is InChI=1S/C19H25ClN2O6/c1-3-9-27-11-15(19(24)22-25)10-17(12-28-13-26-4-2)21-18(23)14-5-7-16(20)8-6-14/h1,5-8,15,17,25H,4,9-13H2,2H3,(H,21,23)(H,22,24). The minimum absolute atomic E-state index is 0.0185. The van der Waals surface area contributed by atoms with Gasteiger partial charge in [0.15, 0.2) is 0 Å². The SMILES string of the molecule is C#CCOCC(CC(COCOCC)NC(=O)c1ccc(Cl)cc1)C(=O)NO. The van der Waals surface area contributed by atoms with E-state index in [4.69, 9.17) is 37.4 Å². The fourth-order valence-electron chi connectivity index (χ4n) is 2.32. The van der Waals surface area contributed by atoms with Crippen LogP contribution >= 0.6 is 11.6 Å². The van der Waals surface area contributed by atoms with Gasteiger partial charge >= 0.3 is 0 Å². The first-order chi connectivity index (χ1) is 13.5. The predicted octanol–water partition coefficient (Wildman–Crippen LogP) is 1.61. The van der Waals surface area contributed by atoms with E-state index in [0.29, 0.717) is 17.2 Å². The Hall–Kier alpha value is -2.15. The Balaban J connectivity index is 2.79. The summed E-state index contributed by atoms with van der Waals surface area (Å²) in [6, 6.07) is 5.84. The van der Waals surface area contributed by atoms with E-state index in [0.717, 1.165) is 0 Å². The second kappa shape index (κ2) is 13.9. The summed E-state index contributed by atoms with van der Waals surface area (Å²) in [5.41, 5.74) is 2.01. The molecule has 1 rings (SSSR count). The fraction of sp³-hybridized carbons (Fsp3) is 0.474. The number of halogens is 1. The first-order valence-electron chi connectivity index (χ1n) is 8.68. The van der Waals surface area contributed by atoms with Crippen LogP contribution < -0.4 is 10.8 Å². The van der Waals surface area contributed by atoms with E-state index in [-0.39, 0.29) is 38.9 Å². The Bertz CT molecular complexity index is 647. The zero-order valence-electron chi connectivity index (χ0n) is 15.7. The fourth-order valence-corrected chi connectivity index (χ4v) is 2.44. The number of hydrogen-bond donors (Lipinski definition) is 3. The van der Waals surface area contributed by atoms with Gasteiger partial charge in [-0.1, -0.05) is 17.5 Å². The molecule has 0 spiro atoms. The van der Waals surface area contributed by atoms with Crippen LogP contribution in [0.25, 0.3) is 0 Å². The van der Waals surface area contributed by atoms with Crippen LogP contribution in [-0.2, 0) is 19.0 Å². The molecule has 3 N–H and O–H groups in total. The predicted molar refractivity (Wildman–Crippen MR) is 103 cm³/mol. The van der Waals surface area contributed by atoms with Gasteiger partial charge in [0.2, 0.25) is 5.91 Å². The van der Waals surface area contributed by atoms with Crippen LogP contribution in [0.4, 0.5) is 0 Å². The van der Waals surface area contributed by atoms with Gasteiger partial charge in [-0.05, 0) is 37.6 Å². The molecule has 0 saturated carbocycles. The summed E-state index contributed by atoms with van der Waals surface area (Å²) >= 11 is 5.84. The highest BCUT2D eigenvalue weighted by Gasteiger charge is 2.25. The van der Waals surface area contributed by atoms with Crippen molar-refractivity contribution in [2.45, 2.75) is 19.4 Å². The monoisotopic (exact) mass is 412 g/mol. The van der Waals surface area contributed by atoms with Gasteiger partial charge < -0.3 is 19.5 Å². The van der Waals surface area contributed by atoms with Crippen molar-refractivity contribution in [2.75, 3.05) is 33.2 Å². The van der Waals surface area contributed by atoms with Crippen LogP contribution in [0, 0.1) is 18.3 Å². The average molecular weight is 413 g/mol. The van der Waals surface area contributed by atoms with Crippen molar-refractivity contribution in [1.82, 2.24) is 10.8 Å². The van der Waals surface area contributed by atoms with Gasteiger partial charge in [-0.3, -0.25) is 14.8 Å². The molecule has 0 heterocycles. The lowest BCUT2D eigenvalue weighted by molar-refractivity contribution is -0.136. The molecule has 2 unspecified atom stereocenters. The smallest absolute Gasteiger partial charge is 0.251 e. The van der Waals surface area contributed by atoms with Gasteiger partial charge in [0, 0.05) is 17.2 Å². The van der Waals surface area contributed by atoms with Crippen molar-refractivity contribution in [3.63, 3.8) is 0 Å². The quantitative estimate of drug-likeness (QED) is 0.149. The molecule has 28 heavy (non-hydrogen) atoms. The van der Waals surface area contributed by atoms with Crippen LogP contribution in [0.15, 0.2) is 24.3 Å². The van der Waals surface area contributed by atoms with Crippen molar-refractivity contribution < 1.29 is 29.0 Å².